The zero-order valence-corrected chi connectivity index (χ0v) is 11.4. The molecule has 0 aliphatic rings. The molecule has 0 unspecified atom stereocenters. The van der Waals surface area contributed by atoms with E-state index in [1.165, 1.54) is 0 Å². The molecule has 17 heavy (non-hydrogen) atoms. The highest BCUT2D eigenvalue weighted by molar-refractivity contribution is 5.23. The first-order valence-corrected chi connectivity index (χ1v) is 5.64. The Bertz CT molecular complexity index is 309. The normalized spacial score (nSPS) is 14.4. The van der Waals surface area contributed by atoms with Crippen molar-refractivity contribution in [3.8, 4) is 0 Å². The van der Waals surface area contributed by atoms with Crippen LogP contribution in [-0.2, 0) is 0 Å². The van der Waals surface area contributed by atoms with Crippen molar-refractivity contribution in [3.05, 3.63) is 35.4 Å². The summed E-state index contributed by atoms with van der Waals surface area (Å²) >= 11 is 0. The molecular formula is C13H24N2O2. The number of nitrogens with zero attached hydrogens (tertiary/aromatic N) is 2. The fourth-order valence-electron chi connectivity index (χ4n) is 1.27. The van der Waals surface area contributed by atoms with Crippen molar-refractivity contribution < 1.29 is 10.2 Å². The number of allylic oxidation sites excluding steroid dienone is 5. The van der Waals surface area contributed by atoms with E-state index in [0.29, 0.717) is 0 Å². The summed E-state index contributed by atoms with van der Waals surface area (Å²) in [6.45, 7) is 5.00. The van der Waals surface area contributed by atoms with E-state index in [4.69, 9.17) is 5.11 Å². The standard InChI is InChI=1S/C13H24N2O2/c1-11(16)7-6-8-13(12(2)17)15(5)10-9-14(3)4/h6-8,16-17H,9-10H2,1-5H3/b8-6-,11-7+,13-12-. The van der Waals surface area contributed by atoms with Crippen LogP contribution in [0.2, 0.25) is 0 Å². The molecule has 0 radical (unpaired) electrons. The molecule has 4 nitrogen and oxygen atoms in total. The minimum Gasteiger partial charge on any atom is -0.513 e. The smallest absolute Gasteiger partial charge is 0.112 e. The lowest BCUT2D eigenvalue weighted by Crippen LogP contribution is -2.28. The molecule has 0 fully saturated rings. The van der Waals surface area contributed by atoms with Crippen molar-refractivity contribution in [2.75, 3.05) is 34.2 Å². The summed E-state index contributed by atoms with van der Waals surface area (Å²) in [6, 6.07) is 0. The van der Waals surface area contributed by atoms with Crippen LogP contribution in [0.4, 0.5) is 0 Å². The van der Waals surface area contributed by atoms with Crippen LogP contribution in [0, 0.1) is 0 Å². The zero-order chi connectivity index (χ0) is 13.4. The molecule has 0 aromatic rings. The SMILES string of the molecule is C\C(O)=C(/C=C\C=C(/C)O)N(C)CCN(C)C. The quantitative estimate of drug-likeness (QED) is 0.552. The Morgan fingerprint density at radius 3 is 2.06 bits per heavy atom. The molecule has 98 valence electrons. The van der Waals surface area contributed by atoms with E-state index in [1.807, 2.05) is 26.0 Å². The highest BCUT2D eigenvalue weighted by atomic mass is 16.3. The minimum absolute atomic E-state index is 0.243. The van der Waals surface area contributed by atoms with Gasteiger partial charge in [-0.2, -0.15) is 0 Å². The molecule has 0 saturated carbocycles. The molecule has 0 atom stereocenters. The van der Waals surface area contributed by atoms with E-state index < -0.39 is 0 Å². The van der Waals surface area contributed by atoms with Crippen molar-refractivity contribution in [3.63, 3.8) is 0 Å². The second-order valence-corrected chi connectivity index (χ2v) is 4.36. The second-order valence-electron chi connectivity index (χ2n) is 4.36. The van der Waals surface area contributed by atoms with Gasteiger partial charge in [-0.15, -0.1) is 0 Å². The number of aliphatic hydroxyl groups excluding tert-OH is 2. The Hall–Kier alpha value is -1.42. The Balaban J connectivity index is 4.61. The number of hydrogen-bond acceptors (Lipinski definition) is 4. The first-order chi connectivity index (χ1) is 7.84. The van der Waals surface area contributed by atoms with Crippen molar-refractivity contribution >= 4 is 0 Å². The Labute approximate surface area is 104 Å². The van der Waals surface area contributed by atoms with E-state index in [2.05, 4.69) is 4.90 Å². The van der Waals surface area contributed by atoms with Gasteiger partial charge in [0.15, 0.2) is 0 Å². The van der Waals surface area contributed by atoms with Gasteiger partial charge in [-0.3, -0.25) is 0 Å². The number of likely N-dealkylation sites (N-methyl/N-ethyl adjacent to an activating group) is 2. The van der Waals surface area contributed by atoms with Gasteiger partial charge in [-0.25, -0.2) is 0 Å². The van der Waals surface area contributed by atoms with Crippen molar-refractivity contribution in [2.24, 2.45) is 0 Å². The van der Waals surface area contributed by atoms with E-state index in [-0.39, 0.29) is 11.5 Å². The Morgan fingerprint density at radius 2 is 1.65 bits per heavy atom. The number of hydrogen-bond donors (Lipinski definition) is 2. The van der Waals surface area contributed by atoms with Gasteiger partial charge in [0, 0.05) is 20.1 Å². The monoisotopic (exact) mass is 240 g/mol. The lowest BCUT2D eigenvalue weighted by molar-refractivity contribution is 0.310. The molecule has 0 amide bonds. The molecule has 0 aliphatic heterocycles. The molecule has 0 rings (SSSR count). The van der Waals surface area contributed by atoms with Crippen LogP contribution in [0.3, 0.4) is 0 Å². The summed E-state index contributed by atoms with van der Waals surface area (Å²) in [7, 11) is 5.95. The molecule has 0 aliphatic carbocycles. The van der Waals surface area contributed by atoms with Gasteiger partial charge in [-0.05, 0) is 40.1 Å². The molecule has 0 heterocycles. The number of rotatable bonds is 6. The first kappa shape index (κ1) is 15.6. The van der Waals surface area contributed by atoms with Gasteiger partial charge < -0.3 is 20.0 Å². The molecule has 0 aromatic heterocycles. The van der Waals surface area contributed by atoms with Crippen molar-refractivity contribution in [1.82, 2.24) is 9.80 Å². The minimum atomic E-state index is 0.243. The van der Waals surface area contributed by atoms with Gasteiger partial charge in [0.05, 0.1) is 11.5 Å². The van der Waals surface area contributed by atoms with Gasteiger partial charge in [0.1, 0.15) is 5.76 Å². The summed E-state index contributed by atoms with van der Waals surface area (Å²) in [4.78, 5) is 4.06. The summed E-state index contributed by atoms with van der Waals surface area (Å²) in [5, 5.41) is 18.6. The van der Waals surface area contributed by atoms with Gasteiger partial charge in [0.2, 0.25) is 0 Å². The lowest BCUT2D eigenvalue weighted by atomic mass is 10.3. The largest absolute Gasteiger partial charge is 0.513 e. The topological polar surface area (TPSA) is 46.9 Å². The molecule has 2 N–H and O–H groups in total. The van der Waals surface area contributed by atoms with E-state index in [1.54, 1.807) is 32.1 Å². The van der Waals surface area contributed by atoms with E-state index in [9.17, 15) is 5.11 Å². The number of aliphatic hydroxyl groups is 2. The Kier molecular flexibility index (Phi) is 7.14. The predicted molar refractivity (Wildman–Crippen MR) is 72.0 cm³/mol. The maximum Gasteiger partial charge on any atom is 0.112 e. The van der Waals surface area contributed by atoms with Crippen LogP contribution in [0.25, 0.3) is 0 Å². The van der Waals surface area contributed by atoms with Crippen LogP contribution in [0.5, 0.6) is 0 Å². The van der Waals surface area contributed by atoms with E-state index >= 15 is 0 Å². The second kappa shape index (κ2) is 7.79. The first-order valence-electron chi connectivity index (χ1n) is 5.64. The Morgan fingerprint density at radius 1 is 1.06 bits per heavy atom. The van der Waals surface area contributed by atoms with Crippen molar-refractivity contribution in [1.29, 1.82) is 0 Å². The van der Waals surface area contributed by atoms with E-state index in [0.717, 1.165) is 18.8 Å². The highest BCUT2D eigenvalue weighted by Crippen LogP contribution is 2.08. The fourth-order valence-corrected chi connectivity index (χ4v) is 1.27. The highest BCUT2D eigenvalue weighted by Gasteiger charge is 2.05. The molecule has 0 saturated heterocycles. The third kappa shape index (κ3) is 7.47. The van der Waals surface area contributed by atoms with Gasteiger partial charge in [0.25, 0.3) is 0 Å². The summed E-state index contributed by atoms with van der Waals surface area (Å²) in [5.41, 5.74) is 0.754. The zero-order valence-electron chi connectivity index (χ0n) is 11.4. The summed E-state index contributed by atoms with van der Waals surface area (Å²) in [6.07, 6.45) is 5.09. The maximum absolute atomic E-state index is 9.60. The van der Waals surface area contributed by atoms with Crippen molar-refractivity contribution in [2.45, 2.75) is 13.8 Å². The van der Waals surface area contributed by atoms with Crippen LogP contribution in [0.15, 0.2) is 35.4 Å². The van der Waals surface area contributed by atoms with Gasteiger partial charge >= 0.3 is 0 Å². The molecule has 4 heteroatoms. The van der Waals surface area contributed by atoms with Crippen LogP contribution >= 0.6 is 0 Å². The third-order valence-corrected chi connectivity index (χ3v) is 2.26. The molecular weight excluding hydrogens is 216 g/mol. The maximum atomic E-state index is 9.60. The van der Waals surface area contributed by atoms with Crippen LogP contribution in [0.1, 0.15) is 13.8 Å². The molecule has 0 spiro atoms. The van der Waals surface area contributed by atoms with Crippen LogP contribution in [-0.4, -0.2) is 54.2 Å². The fraction of sp³-hybridized carbons (Fsp3) is 0.538. The molecule has 0 bridgehead atoms. The average Bonchev–Trinajstić information content (AvgIpc) is 2.20. The molecule has 0 aromatic carbocycles. The van der Waals surface area contributed by atoms with Crippen LogP contribution < -0.4 is 0 Å². The lowest BCUT2D eigenvalue weighted by Gasteiger charge is -2.22. The third-order valence-electron chi connectivity index (χ3n) is 2.26. The predicted octanol–water partition coefficient (Wildman–Crippen LogP) is 2.29. The summed E-state index contributed by atoms with van der Waals surface area (Å²) in [5.74, 6) is 0.513. The average molecular weight is 240 g/mol. The summed E-state index contributed by atoms with van der Waals surface area (Å²) < 4.78 is 0. The van der Waals surface area contributed by atoms with Gasteiger partial charge in [-0.1, -0.05) is 6.08 Å².